The Morgan fingerprint density at radius 2 is 1.80 bits per heavy atom. The largest absolute Gasteiger partial charge is 0.343 e. The van der Waals surface area contributed by atoms with Crippen molar-refractivity contribution in [2.24, 2.45) is 0 Å². The van der Waals surface area contributed by atoms with Gasteiger partial charge in [-0.05, 0) is 48.1 Å². The Labute approximate surface area is 180 Å². The maximum atomic E-state index is 13.2. The fraction of sp³-hybridized carbons (Fsp3) is 0.391. The lowest BCUT2D eigenvalue weighted by molar-refractivity contribution is -0.141. The van der Waals surface area contributed by atoms with Crippen molar-refractivity contribution in [2.45, 2.75) is 37.0 Å². The van der Waals surface area contributed by atoms with Gasteiger partial charge in [-0.25, -0.2) is 0 Å². The molecule has 0 radical (unpaired) electrons. The van der Waals surface area contributed by atoms with Crippen LogP contribution in [0, 0.1) is 0 Å². The van der Waals surface area contributed by atoms with Crippen molar-refractivity contribution in [3.8, 4) is 0 Å². The molecule has 0 N–H and O–H groups in total. The summed E-state index contributed by atoms with van der Waals surface area (Å²) in [6.45, 7) is 1.25. The van der Waals surface area contributed by atoms with E-state index in [1.54, 1.807) is 36.7 Å². The molecule has 7 heteroatoms. The second-order valence-electron chi connectivity index (χ2n) is 8.11. The quantitative estimate of drug-likeness (QED) is 0.705. The van der Waals surface area contributed by atoms with Gasteiger partial charge in [0.25, 0.3) is 0 Å². The van der Waals surface area contributed by atoms with Crippen molar-refractivity contribution in [3.63, 3.8) is 0 Å². The van der Waals surface area contributed by atoms with Crippen LogP contribution in [0.5, 0.6) is 0 Å². The van der Waals surface area contributed by atoms with Crippen molar-refractivity contribution in [1.82, 2.24) is 14.8 Å². The van der Waals surface area contributed by atoms with Crippen LogP contribution in [0.1, 0.15) is 42.7 Å². The van der Waals surface area contributed by atoms with E-state index in [-0.39, 0.29) is 30.6 Å². The molecule has 0 spiro atoms. The molecular weight excluding hydrogens is 402 g/mol. The van der Waals surface area contributed by atoms with Crippen LogP contribution in [0.15, 0.2) is 48.8 Å². The lowest BCUT2D eigenvalue weighted by Crippen LogP contribution is -2.45. The van der Waals surface area contributed by atoms with Gasteiger partial charge in [0.2, 0.25) is 17.7 Å². The molecule has 2 aliphatic rings. The lowest BCUT2D eigenvalue weighted by atomic mass is 9.75. The Balaban J connectivity index is 1.53. The van der Waals surface area contributed by atoms with Crippen molar-refractivity contribution in [2.75, 3.05) is 20.1 Å². The highest BCUT2D eigenvalue weighted by Gasteiger charge is 2.53. The Bertz CT molecular complexity index is 973. The number of amides is 3. The number of benzene rings is 1. The normalized spacial score (nSPS) is 22.6. The molecule has 1 unspecified atom stereocenters. The predicted molar refractivity (Wildman–Crippen MR) is 113 cm³/mol. The molecule has 3 amide bonds. The summed E-state index contributed by atoms with van der Waals surface area (Å²) in [5, 5.41) is 0.401. The lowest BCUT2D eigenvalue weighted by Gasteiger charge is -2.35. The van der Waals surface area contributed by atoms with Gasteiger partial charge < -0.3 is 4.90 Å². The third kappa shape index (κ3) is 3.60. The van der Waals surface area contributed by atoms with E-state index in [1.807, 2.05) is 17.0 Å². The van der Waals surface area contributed by atoms with Crippen LogP contribution in [-0.2, 0) is 19.8 Å². The standard InChI is InChI=1S/C23H24ClN3O3/c1-26-20(28)14-23(22(26)30,18-4-2-3-5-19(18)24)15-21(29)27-12-8-17(9-13-27)16-6-10-25-11-7-16/h2-7,10-11,17H,8-9,12-15H2,1H3. The number of likely N-dealkylation sites (N-methyl/N-ethyl adjacent to an activating group) is 1. The van der Waals surface area contributed by atoms with E-state index in [1.165, 1.54) is 12.6 Å². The molecule has 2 aliphatic heterocycles. The molecule has 4 rings (SSSR count). The molecule has 1 atom stereocenters. The third-order valence-corrected chi connectivity index (χ3v) is 6.74. The zero-order valence-corrected chi connectivity index (χ0v) is 17.6. The molecule has 0 bridgehead atoms. The zero-order chi connectivity index (χ0) is 21.3. The molecule has 6 nitrogen and oxygen atoms in total. The average Bonchev–Trinajstić information content (AvgIpc) is 2.99. The van der Waals surface area contributed by atoms with Gasteiger partial charge in [0.1, 0.15) is 0 Å². The summed E-state index contributed by atoms with van der Waals surface area (Å²) in [4.78, 5) is 45.7. The number of likely N-dealkylation sites (tertiary alicyclic amines) is 2. The Morgan fingerprint density at radius 1 is 1.13 bits per heavy atom. The predicted octanol–water partition coefficient (Wildman–Crippen LogP) is 3.16. The van der Waals surface area contributed by atoms with E-state index >= 15 is 0 Å². The molecule has 1 aromatic carbocycles. The van der Waals surface area contributed by atoms with Gasteiger partial charge in [0.05, 0.1) is 5.41 Å². The first-order valence-corrected chi connectivity index (χ1v) is 10.5. The Kier molecular flexibility index (Phi) is 5.60. The van der Waals surface area contributed by atoms with Crippen molar-refractivity contribution in [3.05, 3.63) is 64.9 Å². The first-order valence-electron chi connectivity index (χ1n) is 10.2. The summed E-state index contributed by atoms with van der Waals surface area (Å²) in [6, 6.07) is 11.0. The van der Waals surface area contributed by atoms with Crippen LogP contribution in [0.25, 0.3) is 0 Å². The number of hydrogen-bond acceptors (Lipinski definition) is 4. The molecule has 30 heavy (non-hydrogen) atoms. The van der Waals surface area contributed by atoms with Gasteiger partial charge in [-0.2, -0.15) is 0 Å². The number of rotatable bonds is 4. The number of carbonyl (C=O) groups excluding carboxylic acids is 3. The van der Waals surface area contributed by atoms with E-state index in [9.17, 15) is 14.4 Å². The minimum Gasteiger partial charge on any atom is -0.343 e. The van der Waals surface area contributed by atoms with Gasteiger partial charge in [0, 0.05) is 50.4 Å². The maximum absolute atomic E-state index is 13.2. The van der Waals surface area contributed by atoms with E-state index < -0.39 is 5.41 Å². The third-order valence-electron chi connectivity index (χ3n) is 6.41. The van der Waals surface area contributed by atoms with Crippen molar-refractivity contribution in [1.29, 1.82) is 0 Å². The van der Waals surface area contributed by atoms with E-state index in [4.69, 9.17) is 11.6 Å². The van der Waals surface area contributed by atoms with Crippen LogP contribution in [0.2, 0.25) is 5.02 Å². The van der Waals surface area contributed by atoms with Crippen molar-refractivity contribution < 1.29 is 14.4 Å². The first kappa shape index (κ1) is 20.5. The Morgan fingerprint density at radius 3 is 2.40 bits per heavy atom. The van der Waals surface area contributed by atoms with E-state index in [0.29, 0.717) is 29.6 Å². The fourth-order valence-corrected chi connectivity index (χ4v) is 4.96. The monoisotopic (exact) mass is 425 g/mol. The number of hydrogen-bond donors (Lipinski definition) is 0. The molecule has 2 saturated heterocycles. The number of imide groups is 1. The van der Waals surface area contributed by atoms with Crippen LogP contribution in [0.3, 0.4) is 0 Å². The highest BCUT2D eigenvalue weighted by atomic mass is 35.5. The van der Waals surface area contributed by atoms with Gasteiger partial charge in [-0.1, -0.05) is 29.8 Å². The van der Waals surface area contributed by atoms with E-state index in [2.05, 4.69) is 4.98 Å². The number of pyridine rings is 1. The highest BCUT2D eigenvalue weighted by molar-refractivity contribution is 6.32. The topological polar surface area (TPSA) is 70.6 Å². The molecule has 156 valence electrons. The molecule has 3 heterocycles. The average molecular weight is 426 g/mol. The summed E-state index contributed by atoms with van der Waals surface area (Å²) in [5.41, 5.74) is 0.556. The van der Waals surface area contributed by atoms with E-state index in [0.717, 1.165) is 17.7 Å². The number of halogens is 1. The SMILES string of the molecule is CN1C(=O)CC(CC(=O)N2CCC(c3ccncc3)CC2)(c2ccccc2Cl)C1=O. The summed E-state index contributed by atoms with van der Waals surface area (Å²) >= 11 is 6.40. The molecule has 0 saturated carbocycles. The maximum Gasteiger partial charge on any atom is 0.240 e. The summed E-state index contributed by atoms with van der Waals surface area (Å²) in [6.07, 6.45) is 5.22. The number of carbonyl (C=O) groups is 3. The molecule has 2 aromatic rings. The molecule has 2 fully saturated rings. The number of aromatic nitrogens is 1. The van der Waals surface area contributed by atoms with Crippen molar-refractivity contribution >= 4 is 29.3 Å². The van der Waals surface area contributed by atoms with Gasteiger partial charge in [-0.15, -0.1) is 0 Å². The molecule has 0 aliphatic carbocycles. The van der Waals surface area contributed by atoms with Crippen LogP contribution in [0.4, 0.5) is 0 Å². The minimum atomic E-state index is -1.23. The first-order chi connectivity index (χ1) is 14.4. The Hall–Kier alpha value is -2.73. The zero-order valence-electron chi connectivity index (χ0n) is 16.9. The number of piperidine rings is 1. The highest BCUT2D eigenvalue weighted by Crippen LogP contribution is 2.43. The summed E-state index contributed by atoms with van der Waals surface area (Å²) < 4.78 is 0. The molecular formula is C23H24ClN3O3. The van der Waals surface area contributed by atoms with Gasteiger partial charge in [0.15, 0.2) is 0 Å². The van der Waals surface area contributed by atoms with Crippen LogP contribution < -0.4 is 0 Å². The summed E-state index contributed by atoms with van der Waals surface area (Å²) in [7, 11) is 1.47. The second-order valence-corrected chi connectivity index (χ2v) is 8.52. The second kappa shape index (κ2) is 8.19. The van der Waals surface area contributed by atoms with Gasteiger partial charge >= 0.3 is 0 Å². The fourth-order valence-electron chi connectivity index (χ4n) is 4.65. The minimum absolute atomic E-state index is 0.0364. The number of nitrogens with zero attached hydrogens (tertiary/aromatic N) is 3. The smallest absolute Gasteiger partial charge is 0.240 e. The van der Waals surface area contributed by atoms with Crippen LogP contribution in [-0.4, -0.2) is 52.6 Å². The molecule has 1 aromatic heterocycles. The van der Waals surface area contributed by atoms with Crippen LogP contribution >= 0.6 is 11.6 Å². The summed E-state index contributed by atoms with van der Waals surface area (Å²) in [5.74, 6) is -0.361. The van der Waals surface area contributed by atoms with Gasteiger partial charge in [-0.3, -0.25) is 24.3 Å².